The molecule has 1 unspecified atom stereocenters. The van der Waals surface area contributed by atoms with E-state index < -0.39 is 23.4 Å². The molecule has 0 saturated heterocycles. The number of carbonyl (C=O) groups is 2. The van der Waals surface area contributed by atoms with E-state index in [1.807, 2.05) is 0 Å². The topological polar surface area (TPSA) is 107 Å². The second-order valence-electron chi connectivity index (χ2n) is 3.96. The molecule has 0 radical (unpaired) electrons. The largest absolute Gasteiger partial charge is 0.481 e. The van der Waals surface area contributed by atoms with Crippen LogP contribution in [0, 0.1) is 5.41 Å². The summed E-state index contributed by atoms with van der Waals surface area (Å²) in [7, 11) is 0. The highest BCUT2D eigenvalue weighted by atomic mass is 16.4. The van der Waals surface area contributed by atoms with E-state index >= 15 is 0 Å². The third kappa shape index (κ3) is 4.75. The molecule has 0 aliphatic carbocycles. The number of carboxylic acid groups (broad SMARTS) is 1. The first kappa shape index (κ1) is 11.9. The molecule has 1 amide bonds. The van der Waals surface area contributed by atoms with E-state index in [1.165, 1.54) is 0 Å². The summed E-state index contributed by atoms with van der Waals surface area (Å²) in [5.41, 5.74) is -0.894. The first-order chi connectivity index (χ1) is 7.35. The van der Waals surface area contributed by atoms with Crippen LogP contribution in [0.15, 0.2) is 0 Å². The predicted octanol–water partition coefficient (Wildman–Crippen LogP) is -1.04. The first-order valence-corrected chi connectivity index (χ1v) is 4.57. The maximum atomic E-state index is 11.5. The van der Waals surface area contributed by atoms with Gasteiger partial charge in [-0.15, -0.1) is 0 Å². The zero-order chi connectivity index (χ0) is 12.8. The lowest BCUT2D eigenvalue weighted by atomic mass is 9.87. The van der Waals surface area contributed by atoms with Crippen molar-refractivity contribution in [2.24, 2.45) is 5.41 Å². The lowest BCUT2D eigenvalue weighted by molar-refractivity contribution is -0.138. The van der Waals surface area contributed by atoms with E-state index in [0.717, 1.165) is 0 Å². The average molecular weight is 220 g/mol. The van der Waals surface area contributed by atoms with E-state index in [1.54, 1.807) is 13.8 Å². The Balaban J connectivity index is 4.27. The van der Waals surface area contributed by atoms with Crippen LogP contribution in [0.1, 0.15) is 20.3 Å². The minimum atomic E-state index is -1.13. The first-order valence-electron chi connectivity index (χ1n) is 4.98. The van der Waals surface area contributed by atoms with E-state index in [4.69, 9.17) is 11.6 Å². The van der Waals surface area contributed by atoms with E-state index in [2.05, 4.69) is 10.4 Å². The maximum Gasteiger partial charge on any atom is 0.305 e. The summed E-state index contributed by atoms with van der Waals surface area (Å²) >= 11 is 0. The molecule has 6 nitrogen and oxygen atoms in total. The molecule has 0 aliphatic rings. The molecular formula is C9H17NO5. The number of rotatable bonds is 7. The minimum absolute atomic E-state index is 0.0322. The number of nitrogens with one attached hydrogen (secondary N) is 1. The van der Waals surface area contributed by atoms with Crippen LogP contribution in [-0.2, 0) is 9.59 Å². The van der Waals surface area contributed by atoms with Gasteiger partial charge in [0.05, 0.1) is 13.0 Å². The van der Waals surface area contributed by atoms with Gasteiger partial charge in [0.25, 0.3) is 0 Å². The smallest absolute Gasteiger partial charge is 0.305 e. The van der Waals surface area contributed by atoms with Crippen LogP contribution in [0.2, 0.25) is 0 Å². The number of carbonyl (C=O) groups excluding carboxylic acids is 1. The van der Waals surface area contributed by atoms with Crippen molar-refractivity contribution >= 4 is 11.9 Å². The third-order valence-corrected chi connectivity index (χ3v) is 1.99. The Kier molecular flexibility index (Phi) is 4.51. The fraction of sp³-hybridized carbons (Fsp3) is 0.778. The molecule has 6 heteroatoms. The van der Waals surface area contributed by atoms with Crippen LogP contribution in [0.3, 0.4) is 0 Å². The molecule has 0 aliphatic heterocycles. The molecule has 88 valence electrons. The summed E-state index contributed by atoms with van der Waals surface area (Å²) in [6, 6.07) is 0. The molecule has 0 bridgehead atoms. The lowest BCUT2D eigenvalue weighted by Crippen LogP contribution is -2.45. The summed E-state index contributed by atoms with van der Waals surface area (Å²) in [5, 5.41) is 24.0. The summed E-state index contributed by atoms with van der Waals surface area (Å²) in [6.45, 7) is 2.80. The summed E-state index contributed by atoms with van der Waals surface area (Å²) < 4.78 is 6.78. The Morgan fingerprint density at radius 1 is 1.53 bits per heavy atom. The van der Waals surface area contributed by atoms with Gasteiger partial charge in [0.1, 0.15) is 6.10 Å². The summed E-state index contributed by atoms with van der Waals surface area (Å²) in [5.74, 6) is -1.62. The Morgan fingerprint density at radius 3 is 2.53 bits per heavy atom. The third-order valence-electron chi connectivity index (χ3n) is 1.99. The van der Waals surface area contributed by atoms with Crippen molar-refractivity contribution in [3.05, 3.63) is 0 Å². The normalized spacial score (nSPS) is 14.2. The minimum Gasteiger partial charge on any atom is -0.481 e. The number of carboxylic acids is 1. The van der Waals surface area contributed by atoms with Crippen molar-refractivity contribution in [3.63, 3.8) is 0 Å². The predicted molar refractivity (Wildman–Crippen MR) is 52.1 cm³/mol. The fourth-order valence-electron chi connectivity index (χ4n) is 0.823. The standard InChI is InChI=1S/C9H17NO5/c1-9(2,5-11)7(14)8(15)10-4-3-6(12)13/h7,11,14H,3-5H2,1-2H3,(H,10,15)(H,12,13)/i14D. The molecule has 0 saturated carbocycles. The number of aliphatic hydroxyl groups excluding tert-OH is 2. The molecule has 4 N–H and O–H groups in total. The molecule has 0 aromatic heterocycles. The second kappa shape index (κ2) is 5.67. The monoisotopic (exact) mass is 220 g/mol. The maximum absolute atomic E-state index is 11.5. The van der Waals surface area contributed by atoms with Crippen molar-refractivity contribution in [2.45, 2.75) is 26.4 Å². The number of hydrogen-bond acceptors (Lipinski definition) is 4. The number of amides is 1. The molecule has 1 atom stereocenters. The van der Waals surface area contributed by atoms with Crippen molar-refractivity contribution in [2.75, 3.05) is 13.2 Å². The summed E-state index contributed by atoms with van der Waals surface area (Å²) in [4.78, 5) is 21.7. The van der Waals surface area contributed by atoms with Crippen molar-refractivity contribution in [1.82, 2.24) is 5.32 Å². The summed E-state index contributed by atoms with van der Waals surface area (Å²) in [6.07, 6.45) is -1.33. The lowest BCUT2D eigenvalue weighted by Gasteiger charge is -2.26. The SMILES string of the molecule is [2H]OC(C(=O)NCCC(=O)O)C(C)(C)CO. The van der Waals surface area contributed by atoms with Gasteiger partial charge < -0.3 is 20.6 Å². The van der Waals surface area contributed by atoms with Gasteiger partial charge in [0.15, 0.2) is 0 Å². The van der Waals surface area contributed by atoms with Crippen molar-refractivity contribution in [3.8, 4) is 0 Å². The molecule has 0 aromatic rings. The van der Waals surface area contributed by atoms with Gasteiger partial charge in [0, 0.05) is 12.0 Å². The van der Waals surface area contributed by atoms with E-state index in [-0.39, 0.29) is 19.6 Å². The molecule has 0 fully saturated rings. The van der Waals surface area contributed by atoms with Crippen LogP contribution < -0.4 is 5.32 Å². The van der Waals surface area contributed by atoms with Gasteiger partial charge in [0.2, 0.25) is 7.34 Å². The Hall–Kier alpha value is -1.14. The van der Waals surface area contributed by atoms with Crippen LogP contribution >= 0.6 is 0 Å². The van der Waals surface area contributed by atoms with Gasteiger partial charge in [-0.25, -0.2) is 0 Å². The molecule has 0 heterocycles. The van der Waals surface area contributed by atoms with Gasteiger partial charge in [-0.2, -0.15) is 0 Å². The van der Waals surface area contributed by atoms with Gasteiger partial charge in [-0.1, -0.05) is 13.8 Å². The molecular weight excluding hydrogens is 202 g/mol. The molecule has 0 rings (SSSR count). The second-order valence-corrected chi connectivity index (χ2v) is 3.96. The number of aliphatic hydroxyl groups is 2. The molecule has 15 heavy (non-hydrogen) atoms. The zero-order valence-electron chi connectivity index (χ0n) is 9.82. The van der Waals surface area contributed by atoms with Crippen molar-refractivity contribution < 1.29 is 24.9 Å². The van der Waals surface area contributed by atoms with Crippen LogP contribution in [0.5, 0.6) is 0 Å². The Bertz CT molecular complexity index is 256. The van der Waals surface area contributed by atoms with E-state index in [0.29, 0.717) is 0 Å². The zero-order valence-corrected chi connectivity index (χ0v) is 8.82. The highest BCUT2D eigenvalue weighted by Gasteiger charge is 2.32. The van der Waals surface area contributed by atoms with Gasteiger partial charge in [-0.3, -0.25) is 9.59 Å². The Morgan fingerprint density at radius 2 is 2.13 bits per heavy atom. The van der Waals surface area contributed by atoms with E-state index in [9.17, 15) is 9.59 Å². The fourth-order valence-corrected chi connectivity index (χ4v) is 0.823. The molecule has 0 aromatic carbocycles. The quantitative estimate of drug-likeness (QED) is 0.438. The molecule has 0 spiro atoms. The van der Waals surface area contributed by atoms with Crippen LogP contribution in [0.25, 0.3) is 0 Å². The van der Waals surface area contributed by atoms with Crippen LogP contribution in [-0.4, -0.2) is 47.9 Å². The number of hydrogen-bond donors (Lipinski definition) is 4. The number of aliphatic carboxylic acids is 1. The van der Waals surface area contributed by atoms with Gasteiger partial charge >= 0.3 is 5.97 Å². The highest BCUT2D eigenvalue weighted by molar-refractivity contribution is 5.81. The van der Waals surface area contributed by atoms with Crippen molar-refractivity contribution in [1.29, 1.82) is 1.43 Å². The average Bonchev–Trinajstić information content (AvgIpc) is 2.17. The van der Waals surface area contributed by atoms with Gasteiger partial charge in [-0.05, 0) is 0 Å². The highest BCUT2D eigenvalue weighted by Crippen LogP contribution is 2.19. The Labute approximate surface area is 89.4 Å². The van der Waals surface area contributed by atoms with Crippen LogP contribution in [0.4, 0.5) is 0 Å².